The second kappa shape index (κ2) is 7.46. The molecule has 1 aliphatic heterocycles. The lowest BCUT2D eigenvalue weighted by Gasteiger charge is -2.29. The number of hydrogen-bond donors (Lipinski definition) is 1. The van der Waals surface area contributed by atoms with E-state index in [9.17, 15) is 9.59 Å². The van der Waals surface area contributed by atoms with Gasteiger partial charge in [0.05, 0.1) is 6.42 Å². The van der Waals surface area contributed by atoms with Crippen molar-refractivity contribution in [3.63, 3.8) is 0 Å². The van der Waals surface area contributed by atoms with Crippen LogP contribution in [0.1, 0.15) is 37.7 Å². The third-order valence-corrected chi connectivity index (χ3v) is 6.02. The zero-order valence-corrected chi connectivity index (χ0v) is 16.9. The van der Waals surface area contributed by atoms with E-state index in [-0.39, 0.29) is 11.8 Å². The van der Waals surface area contributed by atoms with Crippen LogP contribution in [0.5, 0.6) is 0 Å². The van der Waals surface area contributed by atoms with Crippen LogP contribution in [0, 0.1) is 5.92 Å². The number of benzene rings is 1. The summed E-state index contributed by atoms with van der Waals surface area (Å²) >= 11 is 3.47. The molecular weight excluding hydrogens is 408 g/mol. The van der Waals surface area contributed by atoms with Crippen molar-refractivity contribution < 1.29 is 9.59 Å². The highest BCUT2D eigenvalue weighted by Crippen LogP contribution is 2.37. The molecule has 0 radical (unpaired) electrons. The van der Waals surface area contributed by atoms with Crippen molar-refractivity contribution in [3.05, 3.63) is 40.5 Å². The molecule has 1 saturated carbocycles. The first-order chi connectivity index (χ1) is 13.0. The molecule has 27 heavy (non-hydrogen) atoms. The molecule has 1 unspecified atom stereocenters. The third kappa shape index (κ3) is 3.78. The Bertz CT molecular complexity index is 873. The van der Waals surface area contributed by atoms with Gasteiger partial charge < -0.3 is 5.32 Å². The molecule has 1 aromatic carbocycles. The largest absolute Gasteiger partial charge is 0.307 e. The van der Waals surface area contributed by atoms with Gasteiger partial charge in [0.25, 0.3) is 0 Å². The number of aromatic nitrogens is 2. The average molecular weight is 431 g/mol. The van der Waals surface area contributed by atoms with Crippen molar-refractivity contribution in [1.82, 2.24) is 9.78 Å². The minimum atomic E-state index is -0.509. The monoisotopic (exact) mass is 430 g/mol. The Morgan fingerprint density at radius 3 is 2.81 bits per heavy atom. The number of nitrogens with one attached hydrogen (secondary N) is 1. The molecule has 1 atom stereocenters. The lowest BCUT2D eigenvalue weighted by atomic mass is 9.96. The number of halogens is 1. The molecule has 1 aromatic heterocycles. The van der Waals surface area contributed by atoms with Gasteiger partial charge in [0.15, 0.2) is 5.82 Å². The Kier molecular flexibility index (Phi) is 5.04. The number of fused-ring (bicyclic) bond motifs is 1. The number of nitrogens with zero attached hydrogens (tertiary/aromatic N) is 3. The van der Waals surface area contributed by atoms with Gasteiger partial charge >= 0.3 is 0 Å². The first kappa shape index (κ1) is 18.2. The number of carbonyl (C=O) groups excluding carboxylic acids is 2. The number of rotatable bonds is 5. The predicted molar refractivity (Wildman–Crippen MR) is 108 cm³/mol. The van der Waals surface area contributed by atoms with Crippen molar-refractivity contribution in [2.75, 3.05) is 10.2 Å². The van der Waals surface area contributed by atoms with E-state index in [1.54, 1.807) is 21.8 Å². The lowest BCUT2D eigenvalue weighted by Crippen LogP contribution is -2.47. The zero-order valence-electron chi connectivity index (χ0n) is 15.3. The lowest BCUT2D eigenvalue weighted by molar-refractivity contribution is -0.123. The van der Waals surface area contributed by atoms with E-state index in [0.29, 0.717) is 24.6 Å². The third-order valence-electron chi connectivity index (χ3n) is 5.52. The van der Waals surface area contributed by atoms with Gasteiger partial charge in [-0.3, -0.25) is 19.2 Å². The summed E-state index contributed by atoms with van der Waals surface area (Å²) < 4.78 is 2.59. The molecule has 7 heteroatoms. The van der Waals surface area contributed by atoms with Gasteiger partial charge in [-0.15, -0.1) is 0 Å². The second-order valence-corrected chi connectivity index (χ2v) is 8.40. The van der Waals surface area contributed by atoms with Gasteiger partial charge in [-0.25, -0.2) is 0 Å². The van der Waals surface area contributed by atoms with Crippen molar-refractivity contribution in [3.8, 4) is 0 Å². The molecular formula is C20H23BrN4O2. The fourth-order valence-corrected chi connectivity index (χ4v) is 4.65. The molecule has 1 N–H and O–H groups in total. The number of anilines is 2. The number of aryl methyl sites for hydroxylation is 1. The Hall–Kier alpha value is -2.15. The summed E-state index contributed by atoms with van der Waals surface area (Å²) in [4.78, 5) is 27.7. The van der Waals surface area contributed by atoms with Crippen LogP contribution in [0.3, 0.4) is 0 Å². The summed E-state index contributed by atoms with van der Waals surface area (Å²) in [6.45, 7) is 0. The molecule has 0 bridgehead atoms. The molecule has 6 nitrogen and oxygen atoms in total. The van der Waals surface area contributed by atoms with Crippen molar-refractivity contribution in [1.29, 1.82) is 0 Å². The molecule has 1 fully saturated rings. The summed E-state index contributed by atoms with van der Waals surface area (Å²) in [5, 5.41) is 7.14. The molecule has 2 aliphatic rings. The van der Waals surface area contributed by atoms with Crippen LogP contribution >= 0.6 is 15.9 Å². The number of hydrogen-bond acceptors (Lipinski definition) is 3. The highest BCUT2D eigenvalue weighted by atomic mass is 79.9. The van der Waals surface area contributed by atoms with Crippen LogP contribution < -0.4 is 10.2 Å². The van der Waals surface area contributed by atoms with Crippen LogP contribution in [-0.2, 0) is 23.1 Å². The highest BCUT2D eigenvalue weighted by molar-refractivity contribution is 9.10. The number of carbonyl (C=O) groups is 2. The second-order valence-electron chi connectivity index (χ2n) is 7.48. The van der Waals surface area contributed by atoms with E-state index < -0.39 is 6.04 Å². The van der Waals surface area contributed by atoms with Crippen LogP contribution in [-0.4, -0.2) is 27.6 Å². The molecule has 0 saturated heterocycles. The standard InChI is InChI=1S/C20H23BrN4O2/c1-24-9-8-18(23-24)22-20(27)17(10-13-4-2-3-5-13)25-16-7-6-15(21)11-14(16)12-19(25)26/h6-9,11,13,17H,2-5,10,12H2,1H3,(H,22,23,27). The molecule has 2 heterocycles. The van der Waals surface area contributed by atoms with E-state index in [1.807, 2.05) is 25.2 Å². The van der Waals surface area contributed by atoms with Gasteiger partial charge in [-0.1, -0.05) is 41.6 Å². The summed E-state index contributed by atoms with van der Waals surface area (Å²) in [6, 6.07) is 7.08. The first-order valence-corrected chi connectivity index (χ1v) is 10.2. The average Bonchev–Trinajstić information content (AvgIpc) is 3.33. The van der Waals surface area contributed by atoms with E-state index in [2.05, 4.69) is 26.3 Å². The fourth-order valence-electron chi connectivity index (χ4n) is 4.24. The summed E-state index contributed by atoms with van der Waals surface area (Å²) in [5.74, 6) is 0.824. The maximum Gasteiger partial charge on any atom is 0.248 e. The van der Waals surface area contributed by atoms with Gasteiger partial charge in [-0.2, -0.15) is 5.10 Å². The smallest absolute Gasteiger partial charge is 0.248 e. The maximum absolute atomic E-state index is 13.2. The molecule has 2 aromatic rings. The molecule has 2 amide bonds. The predicted octanol–water partition coefficient (Wildman–Crippen LogP) is 3.66. The molecule has 142 valence electrons. The Morgan fingerprint density at radius 1 is 1.33 bits per heavy atom. The molecule has 0 spiro atoms. The van der Waals surface area contributed by atoms with Crippen molar-refractivity contribution in [2.45, 2.75) is 44.6 Å². The quantitative estimate of drug-likeness (QED) is 0.786. The number of amides is 2. The van der Waals surface area contributed by atoms with E-state index in [4.69, 9.17) is 0 Å². The van der Waals surface area contributed by atoms with Gasteiger partial charge in [-0.05, 0) is 36.1 Å². The first-order valence-electron chi connectivity index (χ1n) is 9.42. The Morgan fingerprint density at radius 2 is 2.11 bits per heavy atom. The van der Waals surface area contributed by atoms with E-state index in [1.165, 1.54) is 12.8 Å². The Balaban J connectivity index is 1.63. The van der Waals surface area contributed by atoms with Crippen LogP contribution in [0.4, 0.5) is 11.5 Å². The molecule has 4 rings (SSSR count). The summed E-state index contributed by atoms with van der Waals surface area (Å²) in [7, 11) is 1.81. The van der Waals surface area contributed by atoms with Gasteiger partial charge in [0, 0.05) is 29.5 Å². The van der Waals surface area contributed by atoms with Crippen LogP contribution in [0.25, 0.3) is 0 Å². The SMILES string of the molecule is Cn1ccc(NC(=O)C(CC2CCCC2)N2C(=O)Cc3cc(Br)ccc32)n1. The van der Waals surface area contributed by atoms with Gasteiger partial charge in [0.2, 0.25) is 11.8 Å². The summed E-state index contributed by atoms with van der Waals surface area (Å²) in [5.41, 5.74) is 1.82. The van der Waals surface area contributed by atoms with Crippen LogP contribution in [0.2, 0.25) is 0 Å². The molecule has 1 aliphatic carbocycles. The van der Waals surface area contributed by atoms with Gasteiger partial charge in [0.1, 0.15) is 6.04 Å². The minimum Gasteiger partial charge on any atom is -0.307 e. The maximum atomic E-state index is 13.2. The van der Waals surface area contributed by atoms with Crippen molar-refractivity contribution in [2.24, 2.45) is 13.0 Å². The topological polar surface area (TPSA) is 67.2 Å². The highest BCUT2D eigenvalue weighted by Gasteiger charge is 2.38. The fraction of sp³-hybridized carbons (Fsp3) is 0.450. The van der Waals surface area contributed by atoms with E-state index in [0.717, 1.165) is 28.6 Å². The summed E-state index contributed by atoms with van der Waals surface area (Å²) in [6.07, 6.45) is 7.49. The van der Waals surface area contributed by atoms with Crippen molar-refractivity contribution >= 4 is 39.2 Å². The van der Waals surface area contributed by atoms with E-state index >= 15 is 0 Å². The normalized spacial score (nSPS) is 18.0. The Labute approximate surface area is 167 Å². The minimum absolute atomic E-state index is 0.0118. The zero-order chi connectivity index (χ0) is 19.0. The van der Waals surface area contributed by atoms with Crippen LogP contribution in [0.15, 0.2) is 34.9 Å².